The van der Waals surface area contributed by atoms with E-state index >= 15 is 0 Å². The number of nitrogens with zero attached hydrogens (tertiary/aromatic N) is 1. The highest BCUT2D eigenvalue weighted by molar-refractivity contribution is 5.53. The van der Waals surface area contributed by atoms with Crippen molar-refractivity contribution >= 4 is 11.4 Å². The Balaban J connectivity index is 2.46. The summed E-state index contributed by atoms with van der Waals surface area (Å²) in [6.45, 7) is 5.60. The second-order valence-electron chi connectivity index (χ2n) is 3.83. The van der Waals surface area contributed by atoms with Crippen molar-refractivity contribution in [2.24, 2.45) is 0 Å². The highest BCUT2D eigenvalue weighted by atomic mass is 16.3. The van der Waals surface area contributed by atoms with Crippen molar-refractivity contribution in [1.29, 1.82) is 0 Å². The van der Waals surface area contributed by atoms with Gasteiger partial charge in [0, 0.05) is 13.1 Å². The van der Waals surface area contributed by atoms with E-state index in [2.05, 4.69) is 22.5 Å². The Morgan fingerprint density at radius 2 is 1.94 bits per heavy atom. The number of rotatable bonds is 7. The van der Waals surface area contributed by atoms with Crippen LogP contribution in [0.3, 0.4) is 0 Å². The van der Waals surface area contributed by atoms with Crippen molar-refractivity contribution in [1.82, 2.24) is 4.98 Å². The fourth-order valence-corrected chi connectivity index (χ4v) is 1.28. The van der Waals surface area contributed by atoms with Gasteiger partial charge in [0.1, 0.15) is 0 Å². The maximum absolute atomic E-state index is 9.43. The lowest BCUT2D eigenvalue weighted by Crippen LogP contribution is -2.18. The summed E-state index contributed by atoms with van der Waals surface area (Å²) < 4.78 is 0. The van der Waals surface area contributed by atoms with E-state index in [0.717, 1.165) is 30.8 Å². The van der Waals surface area contributed by atoms with Gasteiger partial charge in [-0.05, 0) is 18.9 Å². The minimum absolute atomic E-state index is 0.299. The molecule has 4 heteroatoms. The predicted octanol–water partition coefficient (Wildman–Crippen LogP) is 2.09. The number of aliphatic hydroxyl groups excluding tert-OH is 1. The average molecular weight is 223 g/mol. The predicted molar refractivity (Wildman–Crippen MR) is 67.8 cm³/mol. The summed E-state index contributed by atoms with van der Waals surface area (Å²) in [5.74, 6) is 0. The van der Waals surface area contributed by atoms with Gasteiger partial charge in [-0.3, -0.25) is 4.98 Å². The number of aromatic nitrogens is 1. The van der Waals surface area contributed by atoms with Gasteiger partial charge in [-0.15, -0.1) is 0 Å². The van der Waals surface area contributed by atoms with Crippen LogP contribution in [0.2, 0.25) is 0 Å². The van der Waals surface area contributed by atoms with E-state index in [4.69, 9.17) is 0 Å². The van der Waals surface area contributed by atoms with Crippen LogP contribution in [0.15, 0.2) is 18.5 Å². The van der Waals surface area contributed by atoms with E-state index in [1.807, 2.05) is 13.0 Å². The molecule has 1 unspecified atom stereocenters. The zero-order valence-electron chi connectivity index (χ0n) is 10.0. The molecule has 1 aromatic heterocycles. The van der Waals surface area contributed by atoms with Gasteiger partial charge in [0.2, 0.25) is 0 Å². The molecular formula is C12H21N3O. The lowest BCUT2D eigenvalue weighted by Gasteiger charge is -2.11. The molecule has 16 heavy (non-hydrogen) atoms. The first-order valence-corrected chi connectivity index (χ1v) is 5.87. The monoisotopic (exact) mass is 223 g/mol. The molecule has 1 rings (SSSR count). The van der Waals surface area contributed by atoms with Crippen LogP contribution in [0.4, 0.5) is 11.4 Å². The second kappa shape index (κ2) is 7.06. The van der Waals surface area contributed by atoms with Gasteiger partial charge in [0.15, 0.2) is 0 Å². The van der Waals surface area contributed by atoms with Crippen molar-refractivity contribution in [3.8, 4) is 0 Å². The van der Waals surface area contributed by atoms with Gasteiger partial charge in [0.05, 0.1) is 29.9 Å². The molecule has 0 saturated heterocycles. The maximum Gasteiger partial charge on any atom is 0.0709 e. The molecule has 0 bridgehead atoms. The highest BCUT2D eigenvalue weighted by Crippen LogP contribution is 2.12. The first kappa shape index (κ1) is 12.8. The number of pyridine rings is 1. The normalized spacial score (nSPS) is 12.2. The van der Waals surface area contributed by atoms with E-state index in [0.29, 0.717) is 6.54 Å². The lowest BCUT2D eigenvalue weighted by atomic mass is 10.2. The van der Waals surface area contributed by atoms with Gasteiger partial charge in [-0.1, -0.05) is 13.8 Å². The molecule has 0 aromatic carbocycles. The highest BCUT2D eigenvalue weighted by Gasteiger charge is 2.01. The van der Waals surface area contributed by atoms with Crippen molar-refractivity contribution in [3.63, 3.8) is 0 Å². The number of hydrogen-bond donors (Lipinski definition) is 3. The summed E-state index contributed by atoms with van der Waals surface area (Å²) >= 11 is 0. The molecule has 1 aromatic rings. The molecule has 0 fully saturated rings. The Hall–Kier alpha value is -1.29. The van der Waals surface area contributed by atoms with Crippen molar-refractivity contribution in [3.05, 3.63) is 18.5 Å². The van der Waals surface area contributed by atoms with Gasteiger partial charge in [-0.25, -0.2) is 0 Å². The third-order valence-corrected chi connectivity index (χ3v) is 2.33. The molecule has 3 N–H and O–H groups in total. The average Bonchev–Trinajstić information content (AvgIpc) is 2.34. The largest absolute Gasteiger partial charge is 0.391 e. The molecule has 0 aliphatic rings. The van der Waals surface area contributed by atoms with E-state index < -0.39 is 0 Å². The molecule has 0 saturated carbocycles. The standard InChI is InChI=1S/C12H21N3O/c1-3-5-14-10-6-11(8-13-7-10)15-9-12(16)4-2/h6-8,12,14-16H,3-5,9H2,1-2H3. The Morgan fingerprint density at radius 3 is 2.56 bits per heavy atom. The summed E-state index contributed by atoms with van der Waals surface area (Å²) in [7, 11) is 0. The Kier molecular flexibility index (Phi) is 5.64. The summed E-state index contributed by atoms with van der Waals surface area (Å²) in [6, 6.07) is 2.00. The summed E-state index contributed by atoms with van der Waals surface area (Å²) in [5, 5.41) is 15.9. The van der Waals surface area contributed by atoms with Crippen molar-refractivity contribution < 1.29 is 5.11 Å². The van der Waals surface area contributed by atoms with Gasteiger partial charge in [-0.2, -0.15) is 0 Å². The first-order valence-electron chi connectivity index (χ1n) is 5.87. The van der Waals surface area contributed by atoms with Crippen LogP contribution in [0.25, 0.3) is 0 Å². The quantitative estimate of drug-likeness (QED) is 0.662. The molecule has 90 valence electrons. The Labute approximate surface area is 97.1 Å². The van der Waals surface area contributed by atoms with E-state index in [-0.39, 0.29) is 6.10 Å². The van der Waals surface area contributed by atoms with E-state index in [1.165, 1.54) is 0 Å². The topological polar surface area (TPSA) is 57.2 Å². The number of aliphatic hydroxyl groups is 1. The molecule has 0 radical (unpaired) electrons. The third-order valence-electron chi connectivity index (χ3n) is 2.33. The Morgan fingerprint density at radius 1 is 1.25 bits per heavy atom. The molecule has 0 aliphatic heterocycles. The fraction of sp³-hybridized carbons (Fsp3) is 0.583. The van der Waals surface area contributed by atoms with Gasteiger partial charge >= 0.3 is 0 Å². The van der Waals surface area contributed by atoms with Crippen LogP contribution in [-0.2, 0) is 0 Å². The molecule has 0 spiro atoms. The van der Waals surface area contributed by atoms with Crippen molar-refractivity contribution in [2.75, 3.05) is 23.7 Å². The molecule has 1 atom stereocenters. The zero-order chi connectivity index (χ0) is 11.8. The lowest BCUT2D eigenvalue weighted by molar-refractivity contribution is 0.183. The van der Waals surface area contributed by atoms with Crippen LogP contribution >= 0.6 is 0 Å². The summed E-state index contributed by atoms with van der Waals surface area (Å²) in [4.78, 5) is 4.13. The van der Waals surface area contributed by atoms with E-state index in [1.54, 1.807) is 12.4 Å². The van der Waals surface area contributed by atoms with Gasteiger partial charge < -0.3 is 15.7 Å². The summed E-state index contributed by atoms with van der Waals surface area (Å²) in [6.07, 6.45) is 5.11. The van der Waals surface area contributed by atoms with Crippen LogP contribution in [0.1, 0.15) is 26.7 Å². The smallest absolute Gasteiger partial charge is 0.0709 e. The molecule has 0 aliphatic carbocycles. The molecular weight excluding hydrogens is 202 g/mol. The van der Waals surface area contributed by atoms with Crippen LogP contribution in [0.5, 0.6) is 0 Å². The number of anilines is 2. The zero-order valence-corrected chi connectivity index (χ0v) is 10.0. The van der Waals surface area contributed by atoms with Crippen LogP contribution in [-0.4, -0.2) is 29.3 Å². The van der Waals surface area contributed by atoms with Gasteiger partial charge in [0.25, 0.3) is 0 Å². The Bertz CT molecular complexity index is 304. The van der Waals surface area contributed by atoms with Crippen LogP contribution < -0.4 is 10.6 Å². The van der Waals surface area contributed by atoms with Crippen molar-refractivity contribution in [2.45, 2.75) is 32.8 Å². The third kappa shape index (κ3) is 4.49. The first-order chi connectivity index (χ1) is 7.76. The molecule has 4 nitrogen and oxygen atoms in total. The number of nitrogens with one attached hydrogen (secondary N) is 2. The van der Waals surface area contributed by atoms with Crippen LogP contribution in [0, 0.1) is 0 Å². The minimum Gasteiger partial charge on any atom is -0.391 e. The minimum atomic E-state index is -0.299. The fourth-order valence-electron chi connectivity index (χ4n) is 1.28. The second-order valence-corrected chi connectivity index (χ2v) is 3.83. The molecule has 1 heterocycles. The maximum atomic E-state index is 9.43. The molecule has 0 amide bonds. The number of hydrogen-bond acceptors (Lipinski definition) is 4. The van der Waals surface area contributed by atoms with E-state index in [9.17, 15) is 5.11 Å². The SMILES string of the molecule is CCCNc1cncc(NCC(O)CC)c1. The summed E-state index contributed by atoms with van der Waals surface area (Å²) in [5.41, 5.74) is 1.95.